The van der Waals surface area contributed by atoms with Crippen molar-refractivity contribution < 1.29 is 0 Å². The molecule has 0 aliphatic heterocycles. The summed E-state index contributed by atoms with van der Waals surface area (Å²) in [6, 6.07) is 10.7. The normalized spacial score (nSPS) is 12.7. The molecule has 0 aromatic heterocycles. The number of benzene rings is 1. The highest BCUT2D eigenvalue weighted by molar-refractivity contribution is 7.78. The number of hydrogen-bond acceptors (Lipinski definition) is 2. The van der Waals surface area contributed by atoms with Crippen molar-refractivity contribution in [1.29, 1.82) is 0 Å². The van der Waals surface area contributed by atoms with Gasteiger partial charge >= 0.3 is 0 Å². The summed E-state index contributed by atoms with van der Waals surface area (Å²) in [4.78, 5) is 0. The third-order valence-electron chi connectivity index (χ3n) is 2.51. The molecule has 0 aliphatic carbocycles. The van der Waals surface area contributed by atoms with E-state index < -0.39 is 0 Å². The van der Waals surface area contributed by atoms with Crippen LogP contribution in [0, 0.1) is 0 Å². The Hall–Kier alpha value is -0.470. The van der Waals surface area contributed by atoms with E-state index in [1.165, 1.54) is 24.8 Å². The second kappa shape index (κ2) is 6.91. The molecule has 0 amide bonds. The van der Waals surface area contributed by atoms with Crippen molar-refractivity contribution in [2.75, 3.05) is 6.54 Å². The van der Waals surface area contributed by atoms with E-state index in [2.05, 4.69) is 54.8 Å². The van der Waals surface area contributed by atoms with Gasteiger partial charge in [0.05, 0.1) is 0 Å². The molecular weight excluding hydrogens is 190 g/mol. The number of unbranched alkanes of at least 4 members (excludes halogenated alkanes) is 1. The maximum Gasteiger partial charge on any atom is 0.0125 e. The molecule has 1 rings (SSSR count). The van der Waals surface area contributed by atoms with Crippen molar-refractivity contribution >= 4 is 12.8 Å². The average molecular weight is 209 g/mol. The van der Waals surface area contributed by atoms with Gasteiger partial charge in [-0.2, -0.15) is 0 Å². The quantitative estimate of drug-likeness (QED) is 0.684. The van der Waals surface area contributed by atoms with E-state index in [1.807, 2.05) is 0 Å². The Morgan fingerprint density at radius 3 is 2.57 bits per heavy atom. The van der Waals surface area contributed by atoms with Gasteiger partial charge in [-0.25, -0.2) is 0 Å². The van der Waals surface area contributed by atoms with E-state index in [-0.39, 0.29) is 0 Å². The lowest BCUT2D eigenvalue weighted by molar-refractivity contribution is 0.580. The van der Waals surface area contributed by atoms with Crippen LogP contribution in [0.4, 0.5) is 0 Å². The van der Waals surface area contributed by atoms with Gasteiger partial charge in [-0.05, 0) is 17.9 Å². The van der Waals surface area contributed by atoms with Crippen LogP contribution >= 0.6 is 12.8 Å². The zero-order chi connectivity index (χ0) is 10.2. The van der Waals surface area contributed by atoms with Gasteiger partial charge in [0.2, 0.25) is 0 Å². The van der Waals surface area contributed by atoms with Crippen molar-refractivity contribution in [3.63, 3.8) is 0 Å². The fraction of sp³-hybridized carbons (Fsp3) is 0.500. The molecule has 1 aromatic carbocycles. The Bertz CT molecular complexity index is 235. The van der Waals surface area contributed by atoms with Gasteiger partial charge in [-0.15, -0.1) is 0 Å². The van der Waals surface area contributed by atoms with Gasteiger partial charge in [0.25, 0.3) is 0 Å². The maximum absolute atomic E-state index is 4.08. The maximum atomic E-state index is 4.08. The fourth-order valence-electron chi connectivity index (χ4n) is 1.67. The molecule has 1 atom stereocenters. The van der Waals surface area contributed by atoms with Crippen LogP contribution in [0.25, 0.3) is 0 Å². The lowest BCUT2D eigenvalue weighted by Gasteiger charge is -2.15. The predicted octanol–water partition coefficient (Wildman–Crippen LogP) is 3.39. The third kappa shape index (κ3) is 3.72. The summed E-state index contributed by atoms with van der Waals surface area (Å²) >= 11 is 4.08. The van der Waals surface area contributed by atoms with Crippen molar-refractivity contribution in [3.05, 3.63) is 35.9 Å². The molecule has 0 saturated carbocycles. The van der Waals surface area contributed by atoms with E-state index in [9.17, 15) is 0 Å². The molecule has 0 heterocycles. The highest BCUT2D eigenvalue weighted by atomic mass is 32.1. The number of hydrogen-bond donors (Lipinski definition) is 2. The van der Waals surface area contributed by atoms with E-state index in [0.29, 0.717) is 5.92 Å². The molecule has 1 N–H and O–H groups in total. The van der Waals surface area contributed by atoms with Crippen LogP contribution in [-0.4, -0.2) is 6.54 Å². The highest BCUT2D eigenvalue weighted by Crippen LogP contribution is 2.21. The van der Waals surface area contributed by atoms with E-state index >= 15 is 0 Å². The Morgan fingerprint density at radius 1 is 1.29 bits per heavy atom. The molecule has 0 radical (unpaired) electrons. The molecule has 14 heavy (non-hydrogen) atoms. The zero-order valence-electron chi connectivity index (χ0n) is 8.74. The molecule has 0 aliphatic rings. The van der Waals surface area contributed by atoms with E-state index in [0.717, 1.165) is 6.54 Å². The summed E-state index contributed by atoms with van der Waals surface area (Å²) in [6.07, 6.45) is 3.79. The molecule has 2 heteroatoms. The fourth-order valence-corrected chi connectivity index (χ4v) is 1.89. The van der Waals surface area contributed by atoms with Gasteiger partial charge in [-0.3, -0.25) is 4.72 Å². The molecule has 1 aromatic rings. The summed E-state index contributed by atoms with van der Waals surface area (Å²) in [6.45, 7) is 3.18. The minimum atomic E-state index is 0.605. The van der Waals surface area contributed by atoms with Crippen molar-refractivity contribution in [2.45, 2.75) is 32.1 Å². The molecule has 0 bridgehead atoms. The van der Waals surface area contributed by atoms with Crippen LogP contribution in [0.15, 0.2) is 30.3 Å². The Balaban J connectivity index is 2.58. The minimum Gasteiger partial charge on any atom is -0.266 e. The molecule has 1 unspecified atom stereocenters. The number of thiol groups is 1. The van der Waals surface area contributed by atoms with Gasteiger partial charge in [-0.1, -0.05) is 62.9 Å². The van der Waals surface area contributed by atoms with Gasteiger partial charge in [0.15, 0.2) is 0 Å². The van der Waals surface area contributed by atoms with Crippen LogP contribution in [0.2, 0.25) is 0 Å². The Morgan fingerprint density at radius 2 is 2.00 bits per heavy atom. The topological polar surface area (TPSA) is 12.0 Å². The van der Waals surface area contributed by atoms with Crippen LogP contribution in [0.3, 0.4) is 0 Å². The summed E-state index contributed by atoms with van der Waals surface area (Å²) in [5.74, 6) is 0.605. The van der Waals surface area contributed by atoms with Crippen molar-refractivity contribution in [2.24, 2.45) is 0 Å². The molecule has 0 saturated heterocycles. The van der Waals surface area contributed by atoms with Crippen molar-refractivity contribution in [1.82, 2.24) is 4.72 Å². The second-order valence-electron chi connectivity index (χ2n) is 3.61. The van der Waals surface area contributed by atoms with Crippen LogP contribution < -0.4 is 4.72 Å². The van der Waals surface area contributed by atoms with Crippen LogP contribution in [0.1, 0.15) is 37.7 Å². The molecule has 0 spiro atoms. The monoisotopic (exact) mass is 209 g/mol. The van der Waals surface area contributed by atoms with Gasteiger partial charge < -0.3 is 0 Å². The van der Waals surface area contributed by atoms with Gasteiger partial charge in [0, 0.05) is 6.54 Å². The average Bonchev–Trinajstić information content (AvgIpc) is 2.25. The van der Waals surface area contributed by atoms with Gasteiger partial charge in [0.1, 0.15) is 0 Å². The Labute approximate surface area is 92.5 Å². The third-order valence-corrected chi connectivity index (χ3v) is 2.70. The number of nitrogens with one attached hydrogen (secondary N) is 1. The first-order valence-electron chi connectivity index (χ1n) is 5.30. The minimum absolute atomic E-state index is 0.605. The lowest BCUT2D eigenvalue weighted by Crippen LogP contribution is -2.13. The van der Waals surface area contributed by atoms with Crippen LogP contribution in [0.5, 0.6) is 0 Å². The SMILES string of the molecule is CCCCC(CNS)c1ccccc1. The first-order chi connectivity index (χ1) is 6.88. The largest absolute Gasteiger partial charge is 0.266 e. The number of rotatable bonds is 6. The predicted molar refractivity (Wildman–Crippen MR) is 65.7 cm³/mol. The standard InChI is InChI=1S/C12H19NS/c1-2-3-7-12(10-13-14)11-8-5-4-6-9-11/h4-6,8-9,12-14H,2-3,7,10H2,1H3. The summed E-state index contributed by atoms with van der Waals surface area (Å²) < 4.78 is 2.97. The Kier molecular flexibility index (Phi) is 5.72. The summed E-state index contributed by atoms with van der Waals surface area (Å²) in [5, 5.41) is 0. The summed E-state index contributed by atoms with van der Waals surface area (Å²) in [7, 11) is 0. The summed E-state index contributed by atoms with van der Waals surface area (Å²) in [5.41, 5.74) is 1.42. The molecule has 0 fully saturated rings. The van der Waals surface area contributed by atoms with Crippen LogP contribution in [-0.2, 0) is 0 Å². The lowest BCUT2D eigenvalue weighted by atomic mass is 9.94. The van der Waals surface area contributed by atoms with E-state index in [1.54, 1.807) is 0 Å². The van der Waals surface area contributed by atoms with E-state index in [4.69, 9.17) is 0 Å². The second-order valence-corrected chi connectivity index (χ2v) is 3.93. The smallest absolute Gasteiger partial charge is 0.0125 e. The molecular formula is C12H19NS. The van der Waals surface area contributed by atoms with Crippen molar-refractivity contribution in [3.8, 4) is 0 Å². The zero-order valence-corrected chi connectivity index (χ0v) is 9.63. The first kappa shape index (κ1) is 11.6. The molecule has 78 valence electrons. The molecule has 1 nitrogen and oxygen atoms in total. The first-order valence-corrected chi connectivity index (χ1v) is 5.75. The highest BCUT2D eigenvalue weighted by Gasteiger charge is 2.08.